The molecule has 3 rings (SSSR count). The third-order valence-electron chi connectivity index (χ3n) is 3.34. The molecule has 0 saturated carbocycles. The zero-order valence-electron chi connectivity index (χ0n) is 13.4. The SMILES string of the molecule is CCONC(=O)c1cc(-c2ccco2)nn1-c1ccc(OC)cc1. The Balaban J connectivity index is 2.02. The van der Waals surface area contributed by atoms with Gasteiger partial charge in [0.15, 0.2) is 5.76 Å². The summed E-state index contributed by atoms with van der Waals surface area (Å²) in [5.41, 5.74) is 3.99. The number of hydrogen-bond donors (Lipinski definition) is 1. The van der Waals surface area contributed by atoms with E-state index in [1.165, 1.54) is 4.68 Å². The molecule has 0 aliphatic heterocycles. The lowest BCUT2D eigenvalue weighted by molar-refractivity contribution is 0.0357. The van der Waals surface area contributed by atoms with Gasteiger partial charge in [-0.05, 0) is 43.3 Å². The van der Waals surface area contributed by atoms with Gasteiger partial charge in [-0.15, -0.1) is 0 Å². The zero-order valence-corrected chi connectivity index (χ0v) is 13.4. The number of nitrogens with one attached hydrogen (secondary N) is 1. The number of rotatable bonds is 6. The Hall–Kier alpha value is -3.06. The molecule has 0 atom stereocenters. The molecule has 3 aromatic rings. The van der Waals surface area contributed by atoms with Crippen LogP contribution in [0.4, 0.5) is 0 Å². The van der Waals surface area contributed by atoms with Gasteiger partial charge in [-0.2, -0.15) is 5.10 Å². The van der Waals surface area contributed by atoms with Crippen molar-refractivity contribution in [3.8, 4) is 22.9 Å². The fourth-order valence-corrected chi connectivity index (χ4v) is 2.20. The Morgan fingerprint density at radius 2 is 2.08 bits per heavy atom. The normalized spacial score (nSPS) is 10.6. The first-order chi connectivity index (χ1) is 11.7. The molecule has 124 valence electrons. The van der Waals surface area contributed by atoms with Gasteiger partial charge in [0.2, 0.25) is 0 Å². The van der Waals surface area contributed by atoms with Crippen molar-refractivity contribution in [2.45, 2.75) is 6.92 Å². The van der Waals surface area contributed by atoms with Crippen LogP contribution in [-0.2, 0) is 4.84 Å². The van der Waals surface area contributed by atoms with Crippen LogP contribution in [0.5, 0.6) is 5.75 Å². The van der Waals surface area contributed by atoms with Crippen molar-refractivity contribution in [2.75, 3.05) is 13.7 Å². The molecule has 1 amide bonds. The first kappa shape index (κ1) is 15.8. The third-order valence-corrected chi connectivity index (χ3v) is 3.34. The number of ether oxygens (including phenoxy) is 1. The van der Waals surface area contributed by atoms with Crippen LogP contribution >= 0.6 is 0 Å². The van der Waals surface area contributed by atoms with Crippen LogP contribution in [-0.4, -0.2) is 29.4 Å². The Kier molecular flexibility index (Phi) is 4.62. The second-order valence-corrected chi connectivity index (χ2v) is 4.87. The van der Waals surface area contributed by atoms with E-state index in [0.717, 1.165) is 11.4 Å². The average molecular weight is 327 g/mol. The van der Waals surface area contributed by atoms with Crippen molar-refractivity contribution in [3.05, 3.63) is 54.4 Å². The van der Waals surface area contributed by atoms with E-state index >= 15 is 0 Å². The first-order valence-corrected chi connectivity index (χ1v) is 7.43. The van der Waals surface area contributed by atoms with E-state index in [1.807, 2.05) is 12.1 Å². The highest BCUT2D eigenvalue weighted by Crippen LogP contribution is 2.23. The molecular weight excluding hydrogens is 310 g/mol. The number of furan rings is 1. The van der Waals surface area contributed by atoms with Crippen LogP contribution in [0.1, 0.15) is 17.4 Å². The van der Waals surface area contributed by atoms with Gasteiger partial charge >= 0.3 is 0 Å². The molecule has 0 radical (unpaired) electrons. The minimum atomic E-state index is -0.391. The van der Waals surface area contributed by atoms with Crippen molar-refractivity contribution in [3.63, 3.8) is 0 Å². The van der Waals surface area contributed by atoms with Gasteiger partial charge in [-0.1, -0.05) is 0 Å². The average Bonchev–Trinajstić information content (AvgIpc) is 3.29. The molecule has 0 aliphatic carbocycles. The van der Waals surface area contributed by atoms with Crippen LogP contribution in [0.2, 0.25) is 0 Å². The molecule has 0 bridgehead atoms. The molecule has 1 N–H and O–H groups in total. The maximum atomic E-state index is 12.4. The number of hydroxylamine groups is 1. The van der Waals surface area contributed by atoms with E-state index < -0.39 is 5.91 Å². The van der Waals surface area contributed by atoms with Crippen molar-refractivity contribution in [2.24, 2.45) is 0 Å². The molecule has 0 spiro atoms. The Morgan fingerprint density at radius 1 is 1.29 bits per heavy atom. The Labute approximate surface area is 138 Å². The topological polar surface area (TPSA) is 78.5 Å². The predicted molar refractivity (Wildman–Crippen MR) is 86.9 cm³/mol. The lowest BCUT2D eigenvalue weighted by Gasteiger charge is -2.08. The van der Waals surface area contributed by atoms with Crippen molar-refractivity contribution < 1.29 is 18.8 Å². The number of benzene rings is 1. The smallest absolute Gasteiger partial charge is 0.293 e. The largest absolute Gasteiger partial charge is 0.497 e. The van der Waals surface area contributed by atoms with E-state index in [-0.39, 0.29) is 0 Å². The van der Waals surface area contributed by atoms with Gasteiger partial charge < -0.3 is 9.15 Å². The van der Waals surface area contributed by atoms with E-state index in [4.69, 9.17) is 14.0 Å². The van der Waals surface area contributed by atoms with Crippen LogP contribution in [0.3, 0.4) is 0 Å². The fraction of sp³-hybridized carbons (Fsp3) is 0.176. The molecule has 0 saturated heterocycles. The summed E-state index contributed by atoms with van der Waals surface area (Å²) in [6, 6.07) is 12.4. The monoisotopic (exact) mass is 327 g/mol. The second-order valence-electron chi connectivity index (χ2n) is 4.87. The molecule has 2 aromatic heterocycles. The number of nitrogens with zero attached hydrogens (tertiary/aromatic N) is 2. The van der Waals surface area contributed by atoms with E-state index in [0.29, 0.717) is 23.8 Å². The molecule has 2 heterocycles. The van der Waals surface area contributed by atoms with E-state index in [1.54, 1.807) is 50.6 Å². The molecule has 1 aromatic carbocycles. The maximum absolute atomic E-state index is 12.4. The van der Waals surface area contributed by atoms with Crippen LogP contribution in [0, 0.1) is 0 Å². The summed E-state index contributed by atoms with van der Waals surface area (Å²) < 4.78 is 12.1. The molecule has 7 heteroatoms. The lowest BCUT2D eigenvalue weighted by Crippen LogP contribution is -2.26. The summed E-state index contributed by atoms with van der Waals surface area (Å²) in [4.78, 5) is 17.3. The van der Waals surface area contributed by atoms with Gasteiger partial charge in [-0.3, -0.25) is 9.63 Å². The van der Waals surface area contributed by atoms with Gasteiger partial charge in [0.1, 0.15) is 17.1 Å². The van der Waals surface area contributed by atoms with Gasteiger partial charge in [0, 0.05) is 6.07 Å². The van der Waals surface area contributed by atoms with Crippen molar-refractivity contribution in [1.82, 2.24) is 15.3 Å². The molecule has 24 heavy (non-hydrogen) atoms. The van der Waals surface area contributed by atoms with Crippen LogP contribution in [0.25, 0.3) is 17.1 Å². The highest BCUT2D eigenvalue weighted by Gasteiger charge is 2.19. The van der Waals surface area contributed by atoms with Crippen LogP contribution in [0.15, 0.2) is 53.1 Å². The molecule has 0 fully saturated rings. The maximum Gasteiger partial charge on any atom is 0.293 e. The fourth-order valence-electron chi connectivity index (χ4n) is 2.20. The van der Waals surface area contributed by atoms with Crippen molar-refractivity contribution in [1.29, 1.82) is 0 Å². The van der Waals surface area contributed by atoms with Gasteiger partial charge in [0.05, 0.1) is 25.7 Å². The summed E-state index contributed by atoms with van der Waals surface area (Å²) in [6.45, 7) is 2.16. The highest BCUT2D eigenvalue weighted by atomic mass is 16.6. The minimum absolute atomic E-state index is 0.333. The number of carbonyl (C=O) groups excluding carboxylic acids is 1. The number of aromatic nitrogens is 2. The Bertz CT molecular complexity index is 807. The summed E-state index contributed by atoms with van der Waals surface area (Å²) in [5.74, 6) is 0.906. The number of methoxy groups -OCH3 is 1. The third kappa shape index (κ3) is 3.16. The Morgan fingerprint density at radius 3 is 2.71 bits per heavy atom. The quantitative estimate of drug-likeness (QED) is 0.704. The number of hydrogen-bond acceptors (Lipinski definition) is 5. The van der Waals surface area contributed by atoms with Crippen molar-refractivity contribution >= 4 is 5.91 Å². The van der Waals surface area contributed by atoms with E-state index in [2.05, 4.69) is 10.6 Å². The summed E-state index contributed by atoms with van der Waals surface area (Å²) in [6.07, 6.45) is 1.56. The lowest BCUT2D eigenvalue weighted by atomic mass is 10.2. The molecular formula is C17H17N3O4. The number of amides is 1. The molecule has 0 aliphatic rings. The minimum Gasteiger partial charge on any atom is -0.497 e. The predicted octanol–water partition coefficient (Wildman–Crippen LogP) is 2.82. The summed E-state index contributed by atoms with van der Waals surface area (Å²) >= 11 is 0. The molecule has 0 unspecified atom stereocenters. The first-order valence-electron chi connectivity index (χ1n) is 7.43. The van der Waals surface area contributed by atoms with E-state index in [9.17, 15) is 4.79 Å². The van der Waals surface area contributed by atoms with Gasteiger partial charge in [0.25, 0.3) is 5.91 Å². The second kappa shape index (κ2) is 7.01. The standard InChI is InChI=1S/C17H17N3O4/c1-3-24-19-17(21)15-11-14(16-5-4-10-23-16)18-20(15)12-6-8-13(22-2)9-7-12/h4-11H,3H2,1-2H3,(H,19,21). The summed E-state index contributed by atoms with van der Waals surface area (Å²) in [7, 11) is 1.60. The highest BCUT2D eigenvalue weighted by molar-refractivity contribution is 5.93. The number of carbonyl (C=O) groups is 1. The molecule has 7 nitrogen and oxygen atoms in total. The van der Waals surface area contributed by atoms with Gasteiger partial charge in [-0.25, -0.2) is 10.2 Å². The zero-order chi connectivity index (χ0) is 16.9. The summed E-state index contributed by atoms with van der Waals surface area (Å²) in [5, 5.41) is 4.47. The van der Waals surface area contributed by atoms with Crippen LogP contribution < -0.4 is 10.2 Å².